The molecule has 1 aromatic rings. The van der Waals surface area contributed by atoms with Gasteiger partial charge in [-0.2, -0.15) is 0 Å². The second-order valence-electron chi connectivity index (χ2n) is 2.55. The Morgan fingerprint density at radius 1 is 1.45 bits per heavy atom. The van der Waals surface area contributed by atoms with Gasteiger partial charge in [0.2, 0.25) is 0 Å². The largest absolute Gasteiger partial charge is 0.207 e. The maximum absolute atomic E-state index is 12.9. The number of benzene rings is 1. The minimum absolute atomic E-state index is 0.120. The van der Waals surface area contributed by atoms with E-state index in [4.69, 9.17) is 0 Å². The van der Waals surface area contributed by atoms with Crippen LogP contribution in [0.3, 0.4) is 0 Å². The fourth-order valence-electron chi connectivity index (χ4n) is 0.958. The quantitative estimate of drug-likeness (QED) is 0.675. The minimum Gasteiger partial charge on any atom is -0.207 e. The molecule has 0 nitrogen and oxygen atoms in total. The van der Waals surface area contributed by atoms with Gasteiger partial charge in [-0.3, -0.25) is 0 Å². The van der Waals surface area contributed by atoms with Crippen molar-refractivity contribution in [3.8, 4) is 0 Å². The Hall–Kier alpha value is -0.370. The summed E-state index contributed by atoms with van der Waals surface area (Å²) in [6.07, 6.45) is 0.859. The van der Waals surface area contributed by atoms with Crippen molar-refractivity contribution in [1.29, 1.82) is 0 Å². The fourth-order valence-corrected chi connectivity index (χ4v) is 1.70. The Labute approximate surface area is 74.6 Å². The standard InChI is InChI=1S/C9H10BrF/c1-3-7-5-9(11)6(2)4-8(7)10/h4-5H,3H2,1-2H3. The zero-order valence-electron chi connectivity index (χ0n) is 6.62. The van der Waals surface area contributed by atoms with Gasteiger partial charge >= 0.3 is 0 Å². The molecular formula is C9H10BrF. The van der Waals surface area contributed by atoms with E-state index < -0.39 is 0 Å². The fraction of sp³-hybridized carbons (Fsp3) is 0.333. The third-order valence-corrected chi connectivity index (χ3v) is 2.45. The Morgan fingerprint density at radius 2 is 2.09 bits per heavy atom. The highest BCUT2D eigenvalue weighted by molar-refractivity contribution is 9.10. The lowest BCUT2D eigenvalue weighted by atomic mass is 10.1. The van der Waals surface area contributed by atoms with Crippen LogP contribution < -0.4 is 0 Å². The van der Waals surface area contributed by atoms with Gasteiger partial charge in [0.1, 0.15) is 5.82 Å². The molecule has 0 saturated carbocycles. The number of halogens is 2. The highest BCUT2D eigenvalue weighted by Crippen LogP contribution is 2.21. The first-order valence-electron chi connectivity index (χ1n) is 3.59. The Morgan fingerprint density at radius 3 is 2.64 bits per heavy atom. The molecule has 0 heterocycles. The molecule has 0 saturated heterocycles. The molecule has 0 N–H and O–H groups in total. The lowest BCUT2D eigenvalue weighted by Gasteiger charge is -2.03. The smallest absolute Gasteiger partial charge is 0.126 e. The Balaban J connectivity index is 3.21. The van der Waals surface area contributed by atoms with E-state index in [0.29, 0.717) is 5.56 Å². The van der Waals surface area contributed by atoms with E-state index in [0.717, 1.165) is 16.5 Å². The van der Waals surface area contributed by atoms with E-state index >= 15 is 0 Å². The van der Waals surface area contributed by atoms with Gasteiger partial charge in [0.05, 0.1) is 0 Å². The molecule has 2 heteroatoms. The molecule has 0 bridgehead atoms. The van der Waals surface area contributed by atoms with Crippen molar-refractivity contribution >= 4 is 15.9 Å². The second-order valence-corrected chi connectivity index (χ2v) is 3.40. The predicted octanol–water partition coefficient (Wildman–Crippen LogP) is 3.46. The lowest BCUT2D eigenvalue weighted by Crippen LogP contribution is -1.88. The van der Waals surface area contributed by atoms with Crippen LogP contribution in [-0.4, -0.2) is 0 Å². The van der Waals surface area contributed by atoms with E-state index in [1.165, 1.54) is 0 Å². The third-order valence-electron chi connectivity index (χ3n) is 1.71. The van der Waals surface area contributed by atoms with Gasteiger partial charge in [0.25, 0.3) is 0 Å². The van der Waals surface area contributed by atoms with Crippen LogP contribution >= 0.6 is 15.9 Å². The predicted molar refractivity (Wildman–Crippen MR) is 48.2 cm³/mol. The molecule has 0 radical (unpaired) electrons. The summed E-state index contributed by atoms with van der Waals surface area (Å²) in [5, 5.41) is 0. The van der Waals surface area contributed by atoms with Crippen molar-refractivity contribution in [1.82, 2.24) is 0 Å². The molecule has 60 valence electrons. The lowest BCUT2D eigenvalue weighted by molar-refractivity contribution is 0.616. The summed E-state index contributed by atoms with van der Waals surface area (Å²) in [6.45, 7) is 3.77. The van der Waals surface area contributed by atoms with Crippen molar-refractivity contribution < 1.29 is 4.39 Å². The van der Waals surface area contributed by atoms with Crippen LogP contribution in [0.4, 0.5) is 4.39 Å². The molecule has 0 aliphatic heterocycles. The number of hydrogen-bond donors (Lipinski definition) is 0. The first-order valence-corrected chi connectivity index (χ1v) is 4.39. The maximum Gasteiger partial charge on any atom is 0.126 e. The number of aryl methyl sites for hydroxylation is 2. The van der Waals surface area contributed by atoms with Gasteiger partial charge < -0.3 is 0 Å². The van der Waals surface area contributed by atoms with Gasteiger partial charge in [0.15, 0.2) is 0 Å². The van der Waals surface area contributed by atoms with Crippen LogP contribution in [0, 0.1) is 12.7 Å². The van der Waals surface area contributed by atoms with E-state index in [9.17, 15) is 4.39 Å². The summed E-state index contributed by atoms with van der Waals surface area (Å²) in [5.41, 5.74) is 1.71. The minimum atomic E-state index is -0.120. The molecular weight excluding hydrogens is 207 g/mol. The normalized spacial score (nSPS) is 10.2. The molecule has 0 amide bonds. The maximum atomic E-state index is 12.9. The van der Waals surface area contributed by atoms with Crippen LogP contribution in [0.5, 0.6) is 0 Å². The molecule has 0 unspecified atom stereocenters. The van der Waals surface area contributed by atoms with Gasteiger partial charge in [-0.05, 0) is 36.6 Å². The van der Waals surface area contributed by atoms with E-state index in [2.05, 4.69) is 15.9 Å². The zero-order chi connectivity index (χ0) is 8.43. The molecule has 0 aliphatic rings. The van der Waals surface area contributed by atoms with Gasteiger partial charge in [-0.15, -0.1) is 0 Å². The molecule has 1 aromatic carbocycles. The molecule has 11 heavy (non-hydrogen) atoms. The van der Waals surface area contributed by atoms with Crippen molar-refractivity contribution in [3.63, 3.8) is 0 Å². The van der Waals surface area contributed by atoms with Crippen LogP contribution in [0.1, 0.15) is 18.1 Å². The topological polar surface area (TPSA) is 0 Å². The monoisotopic (exact) mass is 216 g/mol. The SMILES string of the molecule is CCc1cc(F)c(C)cc1Br. The molecule has 0 fully saturated rings. The van der Waals surface area contributed by atoms with Gasteiger partial charge in [-0.25, -0.2) is 4.39 Å². The summed E-state index contributed by atoms with van der Waals surface area (Å²) in [7, 11) is 0. The average molecular weight is 217 g/mol. The van der Waals surface area contributed by atoms with E-state index in [1.54, 1.807) is 13.0 Å². The first kappa shape index (κ1) is 8.72. The molecule has 1 rings (SSSR count). The van der Waals surface area contributed by atoms with E-state index in [1.807, 2.05) is 13.0 Å². The average Bonchev–Trinajstić information content (AvgIpc) is 1.97. The summed E-state index contributed by atoms with van der Waals surface area (Å²) >= 11 is 3.37. The highest BCUT2D eigenvalue weighted by atomic mass is 79.9. The van der Waals surface area contributed by atoms with Gasteiger partial charge in [0, 0.05) is 4.47 Å². The van der Waals surface area contributed by atoms with Crippen molar-refractivity contribution in [3.05, 3.63) is 33.5 Å². The van der Waals surface area contributed by atoms with E-state index in [-0.39, 0.29) is 5.82 Å². The first-order chi connectivity index (χ1) is 5.15. The third kappa shape index (κ3) is 1.80. The zero-order valence-corrected chi connectivity index (χ0v) is 8.20. The number of rotatable bonds is 1. The summed E-state index contributed by atoms with van der Waals surface area (Å²) in [4.78, 5) is 0. The summed E-state index contributed by atoms with van der Waals surface area (Å²) in [5.74, 6) is -0.120. The van der Waals surface area contributed by atoms with Gasteiger partial charge in [-0.1, -0.05) is 22.9 Å². The summed E-state index contributed by atoms with van der Waals surface area (Å²) in [6, 6.07) is 3.40. The van der Waals surface area contributed by atoms with Crippen molar-refractivity contribution in [2.24, 2.45) is 0 Å². The van der Waals surface area contributed by atoms with Crippen molar-refractivity contribution in [2.75, 3.05) is 0 Å². The Kier molecular flexibility index (Phi) is 2.66. The van der Waals surface area contributed by atoms with Crippen LogP contribution in [0.2, 0.25) is 0 Å². The molecule has 0 atom stereocenters. The van der Waals surface area contributed by atoms with Crippen LogP contribution in [0.25, 0.3) is 0 Å². The van der Waals surface area contributed by atoms with Crippen LogP contribution in [0.15, 0.2) is 16.6 Å². The summed E-state index contributed by atoms with van der Waals surface area (Å²) < 4.78 is 13.9. The van der Waals surface area contributed by atoms with Crippen molar-refractivity contribution in [2.45, 2.75) is 20.3 Å². The molecule has 0 aromatic heterocycles. The highest BCUT2D eigenvalue weighted by Gasteiger charge is 2.02. The number of hydrogen-bond acceptors (Lipinski definition) is 0. The van der Waals surface area contributed by atoms with Crippen LogP contribution in [-0.2, 0) is 6.42 Å². The molecule has 0 spiro atoms. The second kappa shape index (κ2) is 3.35. The Bertz CT molecular complexity index is 269. The molecule has 0 aliphatic carbocycles.